The fourth-order valence-corrected chi connectivity index (χ4v) is 2.34. The zero-order chi connectivity index (χ0) is 12.4. The first-order valence-electron chi connectivity index (χ1n) is 6.25. The third-order valence-electron chi connectivity index (χ3n) is 3.38. The number of likely N-dealkylation sites (tertiary alicyclic amines) is 1. The number of aromatic nitrogens is 2. The Morgan fingerprint density at radius 3 is 3.00 bits per heavy atom. The van der Waals surface area contributed by atoms with Gasteiger partial charge in [-0.3, -0.25) is 9.89 Å². The molecule has 3 N–H and O–H groups in total. The van der Waals surface area contributed by atoms with E-state index >= 15 is 0 Å². The Labute approximate surface area is 101 Å². The lowest BCUT2D eigenvalue weighted by atomic mass is 10.00. The lowest BCUT2D eigenvalue weighted by molar-refractivity contribution is 0.0678. The highest BCUT2D eigenvalue weighted by atomic mass is 16.2. The van der Waals surface area contributed by atoms with Crippen molar-refractivity contribution in [3.05, 3.63) is 11.4 Å². The minimum absolute atomic E-state index is 0.0370. The number of carbonyl (C=O) groups excluding carboxylic acids is 1. The van der Waals surface area contributed by atoms with Crippen LogP contribution in [0.2, 0.25) is 0 Å². The minimum Gasteiger partial charge on any atom is -0.395 e. The number of nitrogens with two attached hydrogens (primary N) is 1. The van der Waals surface area contributed by atoms with Crippen LogP contribution < -0.4 is 5.73 Å². The number of nitrogens with one attached hydrogen (secondary N) is 1. The first kappa shape index (κ1) is 12.0. The molecule has 94 valence electrons. The van der Waals surface area contributed by atoms with E-state index in [9.17, 15) is 4.79 Å². The van der Waals surface area contributed by atoms with Gasteiger partial charge in [0.1, 0.15) is 0 Å². The number of hydrogen-bond acceptors (Lipinski definition) is 3. The molecule has 1 aromatic rings. The SMILES string of the molecule is CCc1[nH]nc(C(=O)N2CCCC(C)C2)c1N. The molecule has 1 amide bonds. The van der Waals surface area contributed by atoms with Gasteiger partial charge in [-0.2, -0.15) is 5.10 Å². The monoisotopic (exact) mass is 236 g/mol. The van der Waals surface area contributed by atoms with Crippen molar-refractivity contribution in [1.82, 2.24) is 15.1 Å². The standard InChI is InChI=1S/C12H20N4O/c1-3-9-10(13)11(15-14-9)12(17)16-6-4-5-8(2)7-16/h8H,3-7,13H2,1-2H3,(H,14,15). The van der Waals surface area contributed by atoms with Gasteiger partial charge in [-0.05, 0) is 25.2 Å². The van der Waals surface area contributed by atoms with Gasteiger partial charge in [-0.1, -0.05) is 13.8 Å². The van der Waals surface area contributed by atoms with Crippen molar-refractivity contribution in [2.75, 3.05) is 18.8 Å². The molecule has 0 aliphatic carbocycles. The molecule has 0 aromatic carbocycles. The van der Waals surface area contributed by atoms with Crippen LogP contribution in [0.3, 0.4) is 0 Å². The van der Waals surface area contributed by atoms with Gasteiger partial charge in [0.15, 0.2) is 5.69 Å². The summed E-state index contributed by atoms with van der Waals surface area (Å²) in [5.74, 6) is 0.531. The quantitative estimate of drug-likeness (QED) is 0.815. The maximum absolute atomic E-state index is 12.3. The summed E-state index contributed by atoms with van der Waals surface area (Å²) in [4.78, 5) is 14.1. The number of hydrogen-bond donors (Lipinski definition) is 2. The molecule has 2 rings (SSSR count). The Morgan fingerprint density at radius 2 is 2.41 bits per heavy atom. The summed E-state index contributed by atoms with van der Waals surface area (Å²) in [5.41, 5.74) is 7.66. The van der Waals surface area contributed by atoms with Gasteiger partial charge >= 0.3 is 0 Å². The van der Waals surface area contributed by atoms with Crippen molar-refractivity contribution in [3.63, 3.8) is 0 Å². The maximum Gasteiger partial charge on any atom is 0.276 e. The first-order chi connectivity index (χ1) is 8.13. The molecule has 0 radical (unpaired) electrons. The van der Waals surface area contributed by atoms with Crippen LogP contribution in [-0.4, -0.2) is 34.1 Å². The third-order valence-corrected chi connectivity index (χ3v) is 3.38. The summed E-state index contributed by atoms with van der Waals surface area (Å²) in [6, 6.07) is 0. The van der Waals surface area contributed by atoms with Gasteiger partial charge in [0.25, 0.3) is 5.91 Å². The number of nitrogens with zero attached hydrogens (tertiary/aromatic N) is 2. The van der Waals surface area contributed by atoms with Gasteiger partial charge in [0, 0.05) is 13.1 Å². The van der Waals surface area contributed by atoms with Crippen molar-refractivity contribution in [2.24, 2.45) is 5.92 Å². The molecule has 1 aromatic heterocycles. The van der Waals surface area contributed by atoms with Gasteiger partial charge < -0.3 is 10.6 Å². The Kier molecular flexibility index (Phi) is 3.36. The number of H-pyrrole nitrogens is 1. The second kappa shape index (κ2) is 4.77. The minimum atomic E-state index is -0.0370. The second-order valence-corrected chi connectivity index (χ2v) is 4.82. The van der Waals surface area contributed by atoms with Crippen LogP contribution in [-0.2, 0) is 6.42 Å². The molecule has 0 saturated carbocycles. The van der Waals surface area contributed by atoms with Crippen molar-refractivity contribution in [3.8, 4) is 0 Å². The summed E-state index contributed by atoms with van der Waals surface area (Å²) in [5, 5.41) is 6.88. The van der Waals surface area contributed by atoms with E-state index in [1.54, 1.807) is 0 Å². The van der Waals surface area contributed by atoms with E-state index < -0.39 is 0 Å². The highest BCUT2D eigenvalue weighted by Gasteiger charge is 2.25. The topological polar surface area (TPSA) is 75.0 Å². The molecule has 0 spiro atoms. The molecule has 1 aliphatic heterocycles. The van der Waals surface area contributed by atoms with E-state index in [1.807, 2.05) is 11.8 Å². The van der Waals surface area contributed by atoms with Crippen LogP contribution in [0.15, 0.2) is 0 Å². The Morgan fingerprint density at radius 1 is 1.65 bits per heavy atom. The Bertz CT molecular complexity index is 413. The molecule has 17 heavy (non-hydrogen) atoms. The van der Waals surface area contributed by atoms with Crippen molar-refractivity contribution in [2.45, 2.75) is 33.1 Å². The molecule has 1 fully saturated rings. The van der Waals surface area contributed by atoms with E-state index in [0.29, 0.717) is 17.3 Å². The zero-order valence-electron chi connectivity index (χ0n) is 10.5. The van der Waals surface area contributed by atoms with Crippen LogP contribution in [0.4, 0.5) is 5.69 Å². The maximum atomic E-state index is 12.3. The fourth-order valence-electron chi connectivity index (χ4n) is 2.34. The smallest absolute Gasteiger partial charge is 0.276 e. The normalized spacial score (nSPS) is 20.6. The summed E-state index contributed by atoms with van der Waals surface area (Å²) in [6.45, 7) is 5.79. The van der Waals surface area contributed by atoms with Crippen LogP contribution in [0.25, 0.3) is 0 Å². The lowest BCUT2D eigenvalue weighted by Gasteiger charge is -2.30. The van der Waals surface area contributed by atoms with Crippen LogP contribution in [0.1, 0.15) is 42.9 Å². The summed E-state index contributed by atoms with van der Waals surface area (Å²) < 4.78 is 0. The molecule has 1 atom stereocenters. The molecular formula is C12H20N4O. The van der Waals surface area contributed by atoms with E-state index in [0.717, 1.165) is 31.6 Å². The summed E-state index contributed by atoms with van der Waals surface area (Å²) in [6.07, 6.45) is 3.03. The van der Waals surface area contributed by atoms with Gasteiger partial charge in [-0.15, -0.1) is 0 Å². The number of rotatable bonds is 2. The zero-order valence-corrected chi connectivity index (χ0v) is 10.5. The van der Waals surface area contributed by atoms with E-state index in [1.165, 1.54) is 6.42 Å². The summed E-state index contributed by atoms with van der Waals surface area (Å²) in [7, 11) is 0. The fraction of sp³-hybridized carbons (Fsp3) is 0.667. The molecule has 1 unspecified atom stereocenters. The average Bonchev–Trinajstić information content (AvgIpc) is 2.69. The Balaban J connectivity index is 2.16. The predicted molar refractivity (Wildman–Crippen MR) is 66.7 cm³/mol. The molecule has 1 saturated heterocycles. The van der Waals surface area contributed by atoms with E-state index in [4.69, 9.17) is 5.73 Å². The van der Waals surface area contributed by atoms with Gasteiger partial charge in [0.05, 0.1) is 11.4 Å². The molecule has 5 heteroatoms. The average molecular weight is 236 g/mol. The highest BCUT2D eigenvalue weighted by Crippen LogP contribution is 2.21. The van der Waals surface area contributed by atoms with E-state index in [2.05, 4.69) is 17.1 Å². The number of aromatic amines is 1. The molecule has 1 aliphatic rings. The molecule has 2 heterocycles. The first-order valence-corrected chi connectivity index (χ1v) is 6.25. The summed E-state index contributed by atoms with van der Waals surface area (Å²) >= 11 is 0. The van der Waals surface area contributed by atoms with Gasteiger partial charge in [0.2, 0.25) is 0 Å². The van der Waals surface area contributed by atoms with Crippen molar-refractivity contribution >= 4 is 11.6 Å². The van der Waals surface area contributed by atoms with Crippen molar-refractivity contribution in [1.29, 1.82) is 0 Å². The van der Waals surface area contributed by atoms with Crippen molar-refractivity contribution < 1.29 is 4.79 Å². The number of piperidine rings is 1. The Hall–Kier alpha value is -1.52. The van der Waals surface area contributed by atoms with Gasteiger partial charge in [-0.25, -0.2) is 0 Å². The number of amides is 1. The van der Waals surface area contributed by atoms with Crippen LogP contribution >= 0.6 is 0 Å². The largest absolute Gasteiger partial charge is 0.395 e. The lowest BCUT2D eigenvalue weighted by Crippen LogP contribution is -2.39. The van der Waals surface area contributed by atoms with Crippen LogP contribution in [0.5, 0.6) is 0 Å². The molecular weight excluding hydrogens is 216 g/mol. The van der Waals surface area contributed by atoms with E-state index in [-0.39, 0.29) is 5.91 Å². The molecule has 5 nitrogen and oxygen atoms in total. The number of nitrogen functional groups attached to an aromatic ring is 1. The molecule has 0 bridgehead atoms. The predicted octanol–water partition coefficient (Wildman–Crippen LogP) is 1.43. The highest BCUT2D eigenvalue weighted by molar-refractivity contribution is 5.97. The number of anilines is 1. The number of aryl methyl sites for hydroxylation is 1. The third kappa shape index (κ3) is 2.28. The number of carbonyl (C=O) groups is 1. The van der Waals surface area contributed by atoms with Crippen LogP contribution in [0, 0.1) is 5.92 Å². The second-order valence-electron chi connectivity index (χ2n) is 4.82.